The molecule has 1 aliphatic carbocycles. The molecule has 1 N–H and O–H groups in total. The standard InChI is InChI=1S/C19H21NO/c1-20-11-9-15-6-7-16(21)12-18(15)19(13-20)10-8-14-4-2-3-5-17(14)19/h2-7,12,21H,8-11,13H2,1H3. The molecule has 2 aromatic carbocycles. The van der Waals surface area contributed by atoms with E-state index >= 15 is 0 Å². The molecule has 2 aliphatic rings. The second kappa shape index (κ2) is 4.60. The minimum Gasteiger partial charge on any atom is -0.508 e. The van der Waals surface area contributed by atoms with Gasteiger partial charge in [0.25, 0.3) is 0 Å². The number of hydrogen-bond acceptors (Lipinski definition) is 2. The molecule has 2 aromatic rings. The van der Waals surface area contributed by atoms with Gasteiger partial charge in [-0.25, -0.2) is 0 Å². The normalized spacial score (nSPS) is 24.6. The number of rotatable bonds is 0. The van der Waals surface area contributed by atoms with Crippen LogP contribution < -0.4 is 0 Å². The lowest BCUT2D eigenvalue weighted by Gasteiger charge is -2.34. The Morgan fingerprint density at radius 2 is 1.81 bits per heavy atom. The number of phenolic OH excluding ortho intramolecular Hbond substituents is 1. The van der Waals surface area contributed by atoms with Crippen molar-refractivity contribution in [3.63, 3.8) is 0 Å². The molecular formula is C19H21NO. The van der Waals surface area contributed by atoms with Crippen molar-refractivity contribution in [2.45, 2.75) is 24.7 Å². The Morgan fingerprint density at radius 1 is 1.00 bits per heavy atom. The molecule has 21 heavy (non-hydrogen) atoms. The lowest BCUT2D eigenvalue weighted by atomic mass is 9.73. The van der Waals surface area contributed by atoms with E-state index in [9.17, 15) is 5.11 Å². The Labute approximate surface area is 126 Å². The van der Waals surface area contributed by atoms with Crippen molar-refractivity contribution in [2.24, 2.45) is 0 Å². The quantitative estimate of drug-likeness (QED) is 0.801. The Balaban J connectivity index is 1.98. The predicted octanol–water partition coefficient (Wildman–Crippen LogP) is 3.11. The molecule has 1 atom stereocenters. The van der Waals surface area contributed by atoms with Crippen LogP contribution in [0.15, 0.2) is 42.5 Å². The minimum atomic E-state index is 0.0515. The second-order valence-electron chi connectivity index (χ2n) is 6.57. The van der Waals surface area contributed by atoms with Crippen LogP contribution in [0, 0.1) is 0 Å². The fourth-order valence-electron chi connectivity index (χ4n) is 4.30. The number of likely N-dealkylation sites (N-methyl/N-ethyl adjacent to an activating group) is 1. The Hall–Kier alpha value is -1.80. The van der Waals surface area contributed by atoms with Crippen LogP contribution >= 0.6 is 0 Å². The first-order chi connectivity index (χ1) is 10.2. The van der Waals surface area contributed by atoms with Gasteiger partial charge in [-0.15, -0.1) is 0 Å². The number of benzene rings is 2. The van der Waals surface area contributed by atoms with Crippen LogP contribution in [0.3, 0.4) is 0 Å². The summed E-state index contributed by atoms with van der Waals surface area (Å²) in [5.41, 5.74) is 5.73. The lowest BCUT2D eigenvalue weighted by Crippen LogP contribution is -2.37. The molecule has 0 aromatic heterocycles. The SMILES string of the molecule is CN1CCc2ccc(O)cc2C2(CCc3ccccc32)C1. The molecule has 1 spiro atoms. The van der Waals surface area contributed by atoms with Gasteiger partial charge < -0.3 is 10.0 Å². The molecule has 0 fully saturated rings. The van der Waals surface area contributed by atoms with Gasteiger partial charge >= 0.3 is 0 Å². The van der Waals surface area contributed by atoms with E-state index in [1.54, 1.807) is 0 Å². The summed E-state index contributed by atoms with van der Waals surface area (Å²) < 4.78 is 0. The van der Waals surface area contributed by atoms with E-state index in [-0.39, 0.29) is 5.41 Å². The molecule has 0 amide bonds. The van der Waals surface area contributed by atoms with Gasteiger partial charge in [0.1, 0.15) is 5.75 Å². The van der Waals surface area contributed by atoms with Gasteiger partial charge in [-0.1, -0.05) is 30.3 Å². The zero-order valence-corrected chi connectivity index (χ0v) is 12.5. The van der Waals surface area contributed by atoms with E-state index in [2.05, 4.69) is 42.3 Å². The number of aromatic hydroxyl groups is 1. The van der Waals surface area contributed by atoms with Gasteiger partial charge in [-0.3, -0.25) is 0 Å². The van der Waals surface area contributed by atoms with Crippen LogP contribution in [-0.4, -0.2) is 30.1 Å². The molecule has 0 radical (unpaired) electrons. The van der Waals surface area contributed by atoms with Crippen molar-refractivity contribution in [1.29, 1.82) is 0 Å². The highest BCUT2D eigenvalue weighted by Crippen LogP contribution is 2.47. The smallest absolute Gasteiger partial charge is 0.115 e. The third-order valence-electron chi connectivity index (χ3n) is 5.27. The number of fused-ring (bicyclic) bond motifs is 4. The third kappa shape index (κ3) is 1.90. The van der Waals surface area contributed by atoms with E-state index in [1.807, 2.05) is 12.1 Å². The van der Waals surface area contributed by atoms with Crippen molar-refractivity contribution in [3.05, 3.63) is 64.7 Å². The average Bonchev–Trinajstić information content (AvgIpc) is 2.79. The summed E-state index contributed by atoms with van der Waals surface area (Å²) in [6, 6.07) is 14.8. The highest BCUT2D eigenvalue weighted by atomic mass is 16.3. The maximum atomic E-state index is 10.0. The molecule has 4 rings (SSSR count). The van der Waals surface area contributed by atoms with E-state index in [0.717, 1.165) is 32.4 Å². The van der Waals surface area contributed by atoms with Crippen molar-refractivity contribution < 1.29 is 5.11 Å². The van der Waals surface area contributed by atoms with Crippen LogP contribution in [0.25, 0.3) is 0 Å². The molecule has 0 bridgehead atoms. The molecule has 0 saturated carbocycles. The van der Waals surface area contributed by atoms with Gasteiger partial charge in [0.05, 0.1) is 0 Å². The molecule has 1 heterocycles. The Morgan fingerprint density at radius 3 is 2.71 bits per heavy atom. The van der Waals surface area contributed by atoms with Crippen molar-refractivity contribution in [1.82, 2.24) is 4.90 Å². The third-order valence-corrected chi connectivity index (χ3v) is 5.27. The highest BCUT2D eigenvalue weighted by Gasteiger charge is 2.43. The highest BCUT2D eigenvalue weighted by molar-refractivity contribution is 5.53. The van der Waals surface area contributed by atoms with Crippen LogP contribution in [0.1, 0.15) is 28.7 Å². The summed E-state index contributed by atoms with van der Waals surface area (Å²) >= 11 is 0. The first-order valence-corrected chi connectivity index (χ1v) is 7.78. The van der Waals surface area contributed by atoms with Gasteiger partial charge in [-0.05, 0) is 60.7 Å². The van der Waals surface area contributed by atoms with Gasteiger partial charge in [0.15, 0.2) is 0 Å². The van der Waals surface area contributed by atoms with Crippen LogP contribution in [0.5, 0.6) is 5.75 Å². The summed E-state index contributed by atoms with van der Waals surface area (Å²) in [7, 11) is 2.22. The maximum absolute atomic E-state index is 10.0. The monoisotopic (exact) mass is 279 g/mol. The van der Waals surface area contributed by atoms with Crippen LogP contribution in [-0.2, 0) is 18.3 Å². The van der Waals surface area contributed by atoms with E-state index < -0.39 is 0 Å². The zero-order chi connectivity index (χ0) is 14.4. The predicted molar refractivity (Wildman–Crippen MR) is 84.9 cm³/mol. The van der Waals surface area contributed by atoms with E-state index in [4.69, 9.17) is 0 Å². The minimum absolute atomic E-state index is 0.0515. The van der Waals surface area contributed by atoms with E-state index in [0.29, 0.717) is 5.75 Å². The average molecular weight is 279 g/mol. The summed E-state index contributed by atoms with van der Waals surface area (Å²) in [5.74, 6) is 0.391. The van der Waals surface area contributed by atoms with Crippen molar-refractivity contribution >= 4 is 0 Å². The molecule has 1 aliphatic heterocycles. The number of nitrogens with zero attached hydrogens (tertiary/aromatic N) is 1. The summed E-state index contributed by atoms with van der Waals surface area (Å²) in [5, 5.41) is 10.0. The largest absolute Gasteiger partial charge is 0.508 e. The Kier molecular flexibility index (Phi) is 2.83. The molecule has 1 unspecified atom stereocenters. The van der Waals surface area contributed by atoms with Crippen LogP contribution in [0.4, 0.5) is 0 Å². The first-order valence-electron chi connectivity index (χ1n) is 7.78. The fourth-order valence-corrected chi connectivity index (χ4v) is 4.30. The number of aryl methyl sites for hydroxylation is 1. The van der Waals surface area contributed by atoms with Crippen molar-refractivity contribution in [3.8, 4) is 5.75 Å². The second-order valence-corrected chi connectivity index (χ2v) is 6.57. The molecule has 108 valence electrons. The molecular weight excluding hydrogens is 258 g/mol. The zero-order valence-electron chi connectivity index (χ0n) is 12.5. The first kappa shape index (κ1) is 12.9. The lowest BCUT2D eigenvalue weighted by molar-refractivity contribution is 0.283. The topological polar surface area (TPSA) is 23.5 Å². The number of hydrogen-bond donors (Lipinski definition) is 1. The molecule has 0 saturated heterocycles. The summed E-state index contributed by atoms with van der Waals surface area (Å²) in [6.07, 6.45) is 3.35. The van der Waals surface area contributed by atoms with E-state index in [1.165, 1.54) is 22.3 Å². The molecule has 2 heteroatoms. The van der Waals surface area contributed by atoms with Gasteiger partial charge in [0.2, 0.25) is 0 Å². The summed E-state index contributed by atoms with van der Waals surface area (Å²) in [4.78, 5) is 2.44. The summed E-state index contributed by atoms with van der Waals surface area (Å²) in [6.45, 7) is 2.13. The van der Waals surface area contributed by atoms with Gasteiger partial charge in [-0.2, -0.15) is 0 Å². The maximum Gasteiger partial charge on any atom is 0.115 e. The van der Waals surface area contributed by atoms with Gasteiger partial charge in [0, 0.05) is 18.5 Å². The Bertz CT molecular complexity index is 694. The van der Waals surface area contributed by atoms with Crippen LogP contribution in [0.2, 0.25) is 0 Å². The van der Waals surface area contributed by atoms with Crippen molar-refractivity contribution in [2.75, 3.05) is 20.1 Å². The number of phenols is 1. The molecule has 2 nitrogen and oxygen atoms in total. The fraction of sp³-hybridized carbons (Fsp3) is 0.368.